The molecule has 0 amide bonds. The summed E-state index contributed by atoms with van der Waals surface area (Å²) in [5, 5.41) is 0. The standard InChI is InChI=1S/C16H13.C7H9.2CH3.2ClH.H2Si.Zr/c1-12-10-14-8-5-9-15(16(14)11-12)13-6-3-2-4-7-13;1-6-4-3-5-7(6)2;;;;;;/h2-11H,1H3;4H,5H2,1-2H3;2*1H3;2*1H;1H2;. The van der Waals surface area contributed by atoms with Gasteiger partial charge in [-0.15, -0.1) is 24.8 Å². The molecule has 1 atom stereocenters. The Labute approximate surface area is 190 Å². The Bertz CT molecular complexity index is 1100. The fourth-order valence-electron chi connectivity index (χ4n) is 5.22. The van der Waals surface area contributed by atoms with E-state index in [2.05, 4.69) is 97.6 Å². The second-order valence-electron chi connectivity index (χ2n) is 9.62. The minimum Gasteiger partial charge on any atom is -0.147 e. The molecule has 29 heavy (non-hydrogen) atoms. The average molecular weight is 523 g/mol. The van der Waals surface area contributed by atoms with Crippen molar-refractivity contribution in [2.24, 2.45) is 0 Å². The Morgan fingerprint density at radius 1 is 0.862 bits per heavy atom. The molecule has 0 aliphatic heterocycles. The molecule has 0 bridgehead atoms. The topological polar surface area (TPSA) is 0 Å². The second kappa shape index (κ2) is 8.46. The van der Waals surface area contributed by atoms with Gasteiger partial charge >= 0.3 is 167 Å². The fraction of sp³-hybridized carbons (Fsp3) is 0.280. The van der Waals surface area contributed by atoms with Crippen molar-refractivity contribution in [2.75, 3.05) is 0 Å². The van der Waals surface area contributed by atoms with Crippen LogP contribution in [0.15, 0.2) is 74.6 Å². The molecule has 0 radical (unpaired) electrons. The van der Waals surface area contributed by atoms with Crippen LogP contribution in [0.2, 0.25) is 9.26 Å². The smallest absolute Gasteiger partial charge is 0.147 e. The van der Waals surface area contributed by atoms with Gasteiger partial charge in [0.25, 0.3) is 0 Å². The zero-order valence-electron chi connectivity index (χ0n) is 18.1. The van der Waals surface area contributed by atoms with E-state index in [9.17, 15) is 0 Å². The zero-order chi connectivity index (χ0) is 19.4. The number of fused-ring (bicyclic) bond motifs is 1. The average Bonchev–Trinajstić information content (AvgIpc) is 3.15. The van der Waals surface area contributed by atoms with Crippen LogP contribution in [0.5, 0.6) is 0 Å². The Morgan fingerprint density at radius 2 is 1.52 bits per heavy atom. The van der Waals surface area contributed by atoms with E-state index in [1.54, 1.807) is 20.0 Å². The van der Waals surface area contributed by atoms with Gasteiger partial charge in [-0.3, -0.25) is 0 Å². The molecule has 0 fully saturated rings. The maximum absolute atomic E-state index is 3.14. The van der Waals surface area contributed by atoms with Crippen LogP contribution in [0.25, 0.3) is 17.2 Å². The summed E-state index contributed by atoms with van der Waals surface area (Å²) in [7, 11) is 0. The van der Waals surface area contributed by atoms with E-state index in [1.165, 1.54) is 28.7 Å². The summed E-state index contributed by atoms with van der Waals surface area (Å²) in [5.41, 5.74) is 10.4. The molecule has 2 aliphatic rings. The minimum atomic E-state index is -3.14. The molecule has 0 spiro atoms. The van der Waals surface area contributed by atoms with Crippen molar-refractivity contribution in [2.45, 2.75) is 40.1 Å². The third-order valence-corrected chi connectivity index (χ3v) is 24.4. The first-order chi connectivity index (χ1) is 12.7. The Balaban J connectivity index is 0.00000150. The molecule has 2 aliphatic carbocycles. The predicted molar refractivity (Wildman–Crippen MR) is 134 cm³/mol. The van der Waals surface area contributed by atoms with Crippen molar-refractivity contribution < 1.29 is 17.4 Å². The normalized spacial score (nSPS) is 18.5. The van der Waals surface area contributed by atoms with Crippen molar-refractivity contribution >= 4 is 37.8 Å². The molecule has 1 unspecified atom stereocenters. The maximum Gasteiger partial charge on any atom is -0.147 e. The number of allylic oxidation sites excluding steroid dienone is 5. The Kier molecular flexibility index (Phi) is 7.18. The third kappa shape index (κ3) is 4.11. The van der Waals surface area contributed by atoms with E-state index in [4.69, 9.17) is 0 Å². The summed E-state index contributed by atoms with van der Waals surface area (Å²) in [6.07, 6.45) is 6.23. The first-order valence-corrected chi connectivity index (χ1v) is 23.5. The van der Waals surface area contributed by atoms with Crippen molar-refractivity contribution in [3.63, 3.8) is 0 Å². The number of hydrogen-bond acceptors (Lipinski definition) is 0. The maximum atomic E-state index is 2.67. The summed E-state index contributed by atoms with van der Waals surface area (Å²) in [6, 6.07) is 17.8. The molecule has 2 aromatic carbocycles. The van der Waals surface area contributed by atoms with Crippen LogP contribution in [0, 0.1) is 0 Å². The van der Waals surface area contributed by atoms with Gasteiger partial charge in [0, 0.05) is 0 Å². The third-order valence-electron chi connectivity index (χ3n) is 6.86. The van der Waals surface area contributed by atoms with Gasteiger partial charge in [-0.05, 0) is 0 Å². The summed E-state index contributed by atoms with van der Waals surface area (Å²) < 4.78 is 7.74. The molecule has 0 saturated heterocycles. The summed E-state index contributed by atoms with van der Waals surface area (Å²) in [5.74, 6) is 0. The van der Waals surface area contributed by atoms with Crippen LogP contribution in [-0.2, 0) is 17.4 Å². The Morgan fingerprint density at radius 3 is 2.10 bits per heavy atom. The van der Waals surface area contributed by atoms with E-state index < -0.39 is 17.4 Å². The van der Waals surface area contributed by atoms with Crippen molar-refractivity contribution in [3.8, 4) is 11.1 Å². The van der Waals surface area contributed by atoms with Gasteiger partial charge in [0.2, 0.25) is 0 Å². The van der Waals surface area contributed by atoms with E-state index >= 15 is 0 Å². The monoisotopic (exact) mass is 520 g/mol. The van der Waals surface area contributed by atoms with E-state index in [-0.39, 0.29) is 24.8 Å². The van der Waals surface area contributed by atoms with Crippen molar-refractivity contribution in [1.29, 1.82) is 0 Å². The molecule has 0 N–H and O–H groups in total. The molecular weight excluding hydrogens is 490 g/mol. The van der Waals surface area contributed by atoms with Crippen molar-refractivity contribution in [1.82, 2.24) is 0 Å². The quantitative estimate of drug-likeness (QED) is 0.364. The van der Waals surface area contributed by atoms with Crippen LogP contribution >= 0.6 is 24.8 Å². The zero-order valence-corrected chi connectivity index (χ0v) is 23.6. The van der Waals surface area contributed by atoms with Gasteiger partial charge in [-0.1, -0.05) is 0 Å². The van der Waals surface area contributed by atoms with E-state index in [1.807, 2.05) is 0 Å². The summed E-state index contributed by atoms with van der Waals surface area (Å²) in [4.78, 5) is 0. The number of halogens is 2. The number of benzene rings is 2. The predicted octanol–water partition coefficient (Wildman–Crippen LogP) is 7.61. The van der Waals surface area contributed by atoms with Crippen LogP contribution in [-0.4, -0.2) is 6.88 Å². The molecule has 0 nitrogen and oxygen atoms in total. The van der Waals surface area contributed by atoms with Gasteiger partial charge in [-0.25, -0.2) is 0 Å². The minimum absolute atomic E-state index is 0. The molecule has 2 aromatic rings. The van der Waals surface area contributed by atoms with Crippen LogP contribution in [0.4, 0.5) is 0 Å². The summed E-state index contributed by atoms with van der Waals surface area (Å²) >= 11 is -3.14. The first kappa shape index (κ1) is 24.6. The fourth-order valence-corrected chi connectivity index (χ4v) is 21.3. The molecule has 0 aromatic heterocycles. The van der Waals surface area contributed by atoms with E-state index in [0.29, 0.717) is 3.63 Å². The van der Waals surface area contributed by atoms with Crippen LogP contribution < -0.4 is 0 Å². The van der Waals surface area contributed by atoms with Gasteiger partial charge in [0.15, 0.2) is 0 Å². The van der Waals surface area contributed by atoms with Gasteiger partial charge in [0.1, 0.15) is 0 Å². The summed E-state index contributed by atoms with van der Waals surface area (Å²) in [6.45, 7) is 9.36. The molecular formula is C25H32Cl2SiZr. The molecule has 4 rings (SSSR count). The SMILES string of the molecule is CC1=Cc2c(-c3ccccc3)cccc2[CH]1[Zr]([CH3])([CH3])(=[SiH2])[C]1=CC(C)=C(C)C1.Cl.Cl. The molecule has 154 valence electrons. The second-order valence-corrected chi connectivity index (χ2v) is 39.3. The molecule has 0 saturated carbocycles. The molecule has 4 heteroatoms. The van der Waals surface area contributed by atoms with Crippen LogP contribution in [0.1, 0.15) is 41.9 Å². The largest absolute Gasteiger partial charge is 0.147 e. The van der Waals surface area contributed by atoms with E-state index in [0.717, 1.165) is 0 Å². The Hall–Kier alpha value is -0.660. The van der Waals surface area contributed by atoms with Gasteiger partial charge < -0.3 is 0 Å². The van der Waals surface area contributed by atoms with Gasteiger partial charge in [-0.2, -0.15) is 0 Å². The molecule has 0 heterocycles. The van der Waals surface area contributed by atoms with Gasteiger partial charge in [0.05, 0.1) is 0 Å². The number of rotatable bonds is 3. The van der Waals surface area contributed by atoms with Crippen molar-refractivity contribution in [3.05, 3.63) is 85.7 Å². The number of hydrogen-bond donors (Lipinski definition) is 0. The van der Waals surface area contributed by atoms with Crippen LogP contribution in [0.3, 0.4) is 0 Å². The first-order valence-electron chi connectivity index (χ1n) is 9.99.